The minimum absolute atomic E-state index is 0.0338. The van der Waals surface area contributed by atoms with Crippen molar-refractivity contribution in [3.05, 3.63) is 34.9 Å². The molecule has 0 bridgehead atoms. The van der Waals surface area contributed by atoms with Gasteiger partial charge in [-0.1, -0.05) is 50.1 Å². The van der Waals surface area contributed by atoms with Crippen molar-refractivity contribution in [3.63, 3.8) is 0 Å². The Morgan fingerprint density at radius 2 is 2.05 bits per heavy atom. The zero-order chi connectivity index (χ0) is 14.3. The van der Waals surface area contributed by atoms with Crippen molar-refractivity contribution >= 4 is 17.5 Å². The van der Waals surface area contributed by atoms with E-state index in [0.717, 1.165) is 23.4 Å². The van der Waals surface area contributed by atoms with Gasteiger partial charge in [0.15, 0.2) is 0 Å². The zero-order valence-electron chi connectivity index (χ0n) is 11.9. The quantitative estimate of drug-likeness (QED) is 0.807. The van der Waals surface area contributed by atoms with E-state index < -0.39 is 0 Å². The van der Waals surface area contributed by atoms with E-state index in [1.54, 1.807) is 0 Å². The second-order valence-electron chi connectivity index (χ2n) is 4.80. The average Bonchev–Trinajstić information content (AvgIpc) is 2.41. The molecule has 1 rings (SSSR count). The second-order valence-corrected chi connectivity index (χ2v) is 5.20. The molecular weight excluding hydrogens is 260 g/mol. The molecule has 1 aromatic carbocycles. The predicted octanol–water partition coefficient (Wildman–Crippen LogP) is 3.15. The first kappa shape index (κ1) is 16.0. The maximum Gasteiger partial charge on any atom is 0.222 e. The lowest BCUT2D eigenvalue weighted by Crippen LogP contribution is -2.36. The third-order valence-electron chi connectivity index (χ3n) is 3.28. The van der Waals surface area contributed by atoms with Crippen molar-refractivity contribution in [3.8, 4) is 0 Å². The summed E-state index contributed by atoms with van der Waals surface area (Å²) in [5.41, 5.74) is 1.01. The molecule has 0 saturated heterocycles. The van der Waals surface area contributed by atoms with Gasteiger partial charge >= 0.3 is 0 Å². The first-order chi connectivity index (χ1) is 9.10. The Balaban J connectivity index is 2.59. The lowest BCUT2D eigenvalue weighted by atomic mass is 10.0. The fourth-order valence-electron chi connectivity index (χ4n) is 2.07. The molecule has 19 heavy (non-hydrogen) atoms. The molecule has 0 aliphatic rings. The van der Waals surface area contributed by atoms with Crippen LogP contribution in [0.1, 0.15) is 38.3 Å². The molecule has 0 aliphatic heterocycles. The van der Waals surface area contributed by atoms with Gasteiger partial charge in [-0.15, -0.1) is 0 Å². The number of halogens is 1. The van der Waals surface area contributed by atoms with Crippen LogP contribution in [0.5, 0.6) is 0 Å². The fraction of sp³-hybridized carbons (Fsp3) is 0.533. The van der Waals surface area contributed by atoms with E-state index in [1.165, 1.54) is 0 Å². The van der Waals surface area contributed by atoms with E-state index in [4.69, 9.17) is 11.6 Å². The van der Waals surface area contributed by atoms with Crippen molar-refractivity contribution in [1.29, 1.82) is 0 Å². The van der Waals surface area contributed by atoms with Crippen LogP contribution in [-0.2, 0) is 4.79 Å². The number of likely N-dealkylation sites (N-methyl/N-ethyl adjacent to an activating group) is 1. The third kappa shape index (κ3) is 4.84. The highest BCUT2D eigenvalue weighted by Crippen LogP contribution is 2.21. The van der Waals surface area contributed by atoms with Crippen LogP contribution in [0.2, 0.25) is 5.02 Å². The zero-order valence-corrected chi connectivity index (χ0v) is 12.6. The number of amides is 1. The molecule has 3 nitrogen and oxygen atoms in total. The maximum absolute atomic E-state index is 11.9. The summed E-state index contributed by atoms with van der Waals surface area (Å²) in [6.07, 6.45) is 1.94. The van der Waals surface area contributed by atoms with Crippen molar-refractivity contribution in [1.82, 2.24) is 10.6 Å². The maximum atomic E-state index is 11.9. The van der Waals surface area contributed by atoms with Gasteiger partial charge in [-0.05, 0) is 25.1 Å². The number of rotatable bonds is 7. The monoisotopic (exact) mass is 282 g/mol. The summed E-state index contributed by atoms with van der Waals surface area (Å²) in [6, 6.07) is 7.73. The van der Waals surface area contributed by atoms with Gasteiger partial charge in [0.2, 0.25) is 5.91 Å². The lowest BCUT2D eigenvalue weighted by molar-refractivity contribution is -0.124. The van der Waals surface area contributed by atoms with E-state index in [1.807, 2.05) is 38.2 Å². The van der Waals surface area contributed by atoms with Gasteiger partial charge < -0.3 is 10.6 Å². The molecule has 4 heteroatoms. The van der Waals surface area contributed by atoms with Gasteiger partial charge in [0, 0.05) is 17.5 Å². The molecule has 1 amide bonds. The van der Waals surface area contributed by atoms with Crippen LogP contribution in [0, 0.1) is 5.92 Å². The van der Waals surface area contributed by atoms with E-state index in [0.29, 0.717) is 6.54 Å². The van der Waals surface area contributed by atoms with Gasteiger partial charge in [0.1, 0.15) is 0 Å². The number of hydrogen-bond acceptors (Lipinski definition) is 2. The van der Waals surface area contributed by atoms with E-state index in [2.05, 4.69) is 17.6 Å². The Kier molecular flexibility index (Phi) is 6.89. The number of carbonyl (C=O) groups excluding carboxylic acids is 1. The Bertz CT molecular complexity index is 409. The number of carbonyl (C=O) groups is 1. The third-order valence-corrected chi connectivity index (χ3v) is 3.62. The van der Waals surface area contributed by atoms with E-state index >= 15 is 0 Å². The number of hydrogen-bond donors (Lipinski definition) is 2. The van der Waals surface area contributed by atoms with Crippen LogP contribution in [0.4, 0.5) is 0 Å². The normalized spacial score (nSPS) is 13.9. The van der Waals surface area contributed by atoms with E-state index in [9.17, 15) is 4.79 Å². The molecule has 2 N–H and O–H groups in total. The van der Waals surface area contributed by atoms with Crippen LogP contribution in [0.15, 0.2) is 24.3 Å². The molecule has 0 heterocycles. The van der Waals surface area contributed by atoms with Crippen molar-refractivity contribution < 1.29 is 4.79 Å². The number of nitrogens with one attached hydrogen (secondary N) is 2. The Morgan fingerprint density at radius 1 is 1.37 bits per heavy atom. The Labute approximate surface area is 120 Å². The van der Waals surface area contributed by atoms with Crippen molar-refractivity contribution in [2.24, 2.45) is 5.92 Å². The second kappa shape index (κ2) is 8.18. The van der Waals surface area contributed by atoms with Crippen LogP contribution in [0.3, 0.4) is 0 Å². The summed E-state index contributed by atoms with van der Waals surface area (Å²) in [6.45, 7) is 4.60. The van der Waals surface area contributed by atoms with Crippen LogP contribution >= 0.6 is 11.6 Å². The first-order valence-electron chi connectivity index (χ1n) is 6.79. The minimum atomic E-state index is 0.0338. The number of benzene rings is 1. The van der Waals surface area contributed by atoms with Crippen LogP contribution in [-0.4, -0.2) is 19.5 Å². The summed E-state index contributed by atoms with van der Waals surface area (Å²) in [4.78, 5) is 11.9. The molecule has 0 fully saturated rings. The largest absolute Gasteiger partial charge is 0.354 e. The van der Waals surface area contributed by atoms with Crippen LogP contribution < -0.4 is 10.6 Å². The summed E-state index contributed by atoms with van der Waals surface area (Å²) in [7, 11) is 1.87. The SMILES string of the molecule is CCCC(C)C(=O)NCC(NC)c1ccccc1Cl. The predicted molar refractivity (Wildman–Crippen MR) is 80.3 cm³/mol. The molecule has 0 aliphatic carbocycles. The van der Waals surface area contributed by atoms with Gasteiger partial charge in [-0.25, -0.2) is 0 Å². The molecule has 0 aromatic heterocycles. The molecule has 106 valence electrons. The molecule has 0 spiro atoms. The van der Waals surface area contributed by atoms with Crippen LogP contribution in [0.25, 0.3) is 0 Å². The van der Waals surface area contributed by atoms with Crippen molar-refractivity contribution in [2.45, 2.75) is 32.7 Å². The van der Waals surface area contributed by atoms with Gasteiger partial charge in [-0.3, -0.25) is 4.79 Å². The topological polar surface area (TPSA) is 41.1 Å². The summed E-state index contributed by atoms with van der Waals surface area (Å²) < 4.78 is 0. The molecule has 2 unspecified atom stereocenters. The van der Waals surface area contributed by atoms with Gasteiger partial charge in [0.05, 0.1) is 6.04 Å². The minimum Gasteiger partial charge on any atom is -0.354 e. The standard InChI is InChI=1S/C15H23ClN2O/c1-4-7-11(2)15(19)18-10-14(17-3)12-8-5-6-9-13(12)16/h5-6,8-9,11,14,17H,4,7,10H2,1-3H3,(H,18,19). The molecule has 0 saturated carbocycles. The summed E-state index contributed by atoms with van der Waals surface area (Å²) >= 11 is 6.17. The highest BCUT2D eigenvalue weighted by atomic mass is 35.5. The summed E-state index contributed by atoms with van der Waals surface area (Å²) in [5, 5.41) is 6.89. The first-order valence-corrected chi connectivity index (χ1v) is 7.17. The molecule has 2 atom stereocenters. The fourth-order valence-corrected chi connectivity index (χ4v) is 2.33. The highest BCUT2D eigenvalue weighted by molar-refractivity contribution is 6.31. The average molecular weight is 283 g/mol. The smallest absolute Gasteiger partial charge is 0.222 e. The molecule has 1 aromatic rings. The van der Waals surface area contributed by atoms with E-state index in [-0.39, 0.29) is 17.9 Å². The van der Waals surface area contributed by atoms with Gasteiger partial charge in [-0.2, -0.15) is 0 Å². The van der Waals surface area contributed by atoms with Gasteiger partial charge in [0.25, 0.3) is 0 Å². The Morgan fingerprint density at radius 3 is 2.63 bits per heavy atom. The lowest BCUT2D eigenvalue weighted by Gasteiger charge is -2.20. The molecular formula is C15H23ClN2O. The Hall–Kier alpha value is -1.06. The molecule has 0 radical (unpaired) electrons. The summed E-state index contributed by atoms with van der Waals surface area (Å²) in [5.74, 6) is 0.169. The van der Waals surface area contributed by atoms with Crippen molar-refractivity contribution in [2.75, 3.05) is 13.6 Å². The highest BCUT2D eigenvalue weighted by Gasteiger charge is 2.16.